The molecule has 0 radical (unpaired) electrons. The molecular formula is C15H26N2O2. The standard InChI is InChI=1S/C15H26N2O2/c1-11(2)14-8-13(10-16-5)9-15(17-14)19-7-6-18-12(3)4/h8-9,11-12,16H,6-7,10H2,1-5H3. The van der Waals surface area contributed by atoms with Gasteiger partial charge < -0.3 is 14.8 Å². The minimum Gasteiger partial charge on any atom is -0.475 e. The van der Waals surface area contributed by atoms with Crippen LogP contribution in [0.2, 0.25) is 0 Å². The summed E-state index contributed by atoms with van der Waals surface area (Å²) in [4.78, 5) is 4.53. The molecule has 0 unspecified atom stereocenters. The first kappa shape index (κ1) is 15.9. The first-order valence-corrected chi connectivity index (χ1v) is 6.92. The van der Waals surface area contributed by atoms with Crippen LogP contribution in [0.25, 0.3) is 0 Å². The predicted octanol–water partition coefficient (Wildman–Crippen LogP) is 2.73. The molecule has 1 heterocycles. The fourth-order valence-electron chi connectivity index (χ4n) is 1.69. The molecular weight excluding hydrogens is 240 g/mol. The van der Waals surface area contributed by atoms with Crippen molar-refractivity contribution in [1.82, 2.24) is 10.3 Å². The Kier molecular flexibility index (Phi) is 6.81. The van der Waals surface area contributed by atoms with Crippen LogP contribution in [-0.2, 0) is 11.3 Å². The third-order valence-corrected chi connectivity index (χ3v) is 2.64. The van der Waals surface area contributed by atoms with Gasteiger partial charge in [0.1, 0.15) is 6.61 Å². The second-order valence-corrected chi connectivity index (χ2v) is 5.19. The van der Waals surface area contributed by atoms with Gasteiger partial charge in [0.25, 0.3) is 0 Å². The van der Waals surface area contributed by atoms with Gasteiger partial charge in [-0.15, -0.1) is 0 Å². The van der Waals surface area contributed by atoms with Crippen LogP contribution in [0.4, 0.5) is 0 Å². The number of hydrogen-bond donors (Lipinski definition) is 1. The molecule has 0 fully saturated rings. The molecule has 0 aliphatic rings. The van der Waals surface area contributed by atoms with Gasteiger partial charge in [-0.05, 0) is 38.4 Å². The fourth-order valence-corrected chi connectivity index (χ4v) is 1.69. The number of nitrogens with zero attached hydrogens (tertiary/aromatic N) is 1. The minimum absolute atomic E-state index is 0.235. The van der Waals surface area contributed by atoms with E-state index < -0.39 is 0 Å². The Balaban J connectivity index is 2.65. The third kappa shape index (κ3) is 6.03. The number of pyridine rings is 1. The van der Waals surface area contributed by atoms with Crippen molar-refractivity contribution < 1.29 is 9.47 Å². The molecule has 4 nitrogen and oxygen atoms in total. The first-order valence-electron chi connectivity index (χ1n) is 6.92. The number of ether oxygens (including phenoxy) is 2. The molecule has 1 aromatic rings. The van der Waals surface area contributed by atoms with E-state index in [1.165, 1.54) is 5.56 Å². The zero-order valence-corrected chi connectivity index (χ0v) is 12.7. The largest absolute Gasteiger partial charge is 0.475 e. The van der Waals surface area contributed by atoms with E-state index in [1.807, 2.05) is 27.0 Å². The molecule has 0 spiro atoms. The Labute approximate surface area is 116 Å². The number of nitrogens with one attached hydrogen (secondary N) is 1. The van der Waals surface area contributed by atoms with Crippen LogP contribution in [0.3, 0.4) is 0 Å². The molecule has 108 valence electrons. The van der Waals surface area contributed by atoms with Gasteiger partial charge in [-0.25, -0.2) is 4.98 Å². The summed E-state index contributed by atoms with van der Waals surface area (Å²) in [6.45, 7) is 10.2. The van der Waals surface area contributed by atoms with Gasteiger partial charge in [0.05, 0.1) is 12.7 Å². The van der Waals surface area contributed by atoms with Crippen molar-refractivity contribution in [2.75, 3.05) is 20.3 Å². The summed E-state index contributed by atoms with van der Waals surface area (Å²) in [5, 5.41) is 3.15. The van der Waals surface area contributed by atoms with E-state index in [0.29, 0.717) is 25.0 Å². The van der Waals surface area contributed by atoms with E-state index >= 15 is 0 Å². The van der Waals surface area contributed by atoms with Crippen molar-refractivity contribution in [3.8, 4) is 5.88 Å². The molecule has 0 aliphatic carbocycles. The van der Waals surface area contributed by atoms with Crippen molar-refractivity contribution in [1.29, 1.82) is 0 Å². The van der Waals surface area contributed by atoms with Crippen LogP contribution in [0.15, 0.2) is 12.1 Å². The maximum atomic E-state index is 5.67. The van der Waals surface area contributed by atoms with E-state index in [1.54, 1.807) is 0 Å². The maximum Gasteiger partial charge on any atom is 0.213 e. The lowest BCUT2D eigenvalue weighted by molar-refractivity contribution is 0.0542. The third-order valence-electron chi connectivity index (χ3n) is 2.64. The number of aromatic nitrogens is 1. The summed E-state index contributed by atoms with van der Waals surface area (Å²) < 4.78 is 11.1. The molecule has 1 aromatic heterocycles. The quantitative estimate of drug-likeness (QED) is 0.735. The fraction of sp³-hybridized carbons (Fsp3) is 0.667. The topological polar surface area (TPSA) is 43.4 Å². The van der Waals surface area contributed by atoms with Gasteiger partial charge in [-0.1, -0.05) is 13.8 Å². The van der Waals surface area contributed by atoms with E-state index in [2.05, 4.69) is 30.2 Å². The zero-order valence-electron chi connectivity index (χ0n) is 12.7. The van der Waals surface area contributed by atoms with E-state index in [-0.39, 0.29) is 6.10 Å². The summed E-state index contributed by atoms with van der Waals surface area (Å²) in [7, 11) is 1.94. The molecule has 0 atom stereocenters. The normalized spacial score (nSPS) is 11.3. The lowest BCUT2D eigenvalue weighted by Gasteiger charge is -2.13. The average molecular weight is 266 g/mol. The van der Waals surface area contributed by atoms with Gasteiger partial charge >= 0.3 is 0 Å². The van der Waals surface area contributed by atoms with Gasteiger partial charge in [0.15, 0.2) is 0 Å². The number of rotatable bonds is 8. The molecule has 0 aromatic carbocycles. The van der Waals surface area contributed by atoms with Crippen LogP contribution in [0.5, 0.6) is 5.88 Å². The van der Waals surface area contributed by atoms with E-state index in [4.69, 9.17) is 9.47 Å². The van der Waals surface area contributed by atoms with Crippen LogP contribution >= 0.6 is 0 Å². The zero-order chi connectivity index (χ0) is 14.3. The molecule has 0 amide bonds. The Bertz CT molecular complexity index is 378. The van der Waals surface area contributed by atoms with E-state index in [9.17, 15) is 0 Å². The summed E-state index contributed by atoms with van der Waals surface area (Å²) >= 11 is 0. The van der Waals surface area contributed by atoms with Crippen LogP contribution in [0.1, 0.15) is 44.9 Å². The van der Waals surface area contributed by atoms with Gasteiger partial charge in [-0.3, -0.25) is 0 Å². The Morgan fingerprint density at radius 1 is 1.16 bits per heavy atom. The SMILES string of the molecule is CNCc1cc(OCCOC(C)C)nc(C(C)C)c1. The Morgan fingerprint density at radius 2 is 1.89 bits per heavy atom. The van der Waals surface area contributed by atoms with Crippen molar-refractivity contribution >= 4 is 0 Å². The highest BCUT2D eigenvalue weighted by atomic mass is 16.5. The number of hydrogen-bond acceptors (Lipinski definition) is 4. The molecule has 0 saturated carbocycles. The molecule has 4 heteroatoms. The van der Waals surface area contributed by atoms with Crippen molar-refractivity contribution in [3.05, 3.63) is 23.4 Å². The average Bonchev–Trinajstić information content (AvgIpc) is 2.34. The summed E-state index contributed by atoms with van der Waals surface area (Å²) in [6, 6.07) is 4.11. The molecule has 0 aliphatic heterocycles. The van der Waals surface area contributed by atoms with Crippen LogP contribution < -0.4 is 10.1 Å². The molecule has 1 N–H and O–H groups in total. The van der Waals surface area contributed by atoms with Crippen molar-refractivity contribution in [3.63, 3.8) is 0 Å². The van der Waals surface area contributed by atoms with E-state index in [0.717, 1.165) is 12.2 Å². The highest BCUT2D eigenvalue weighted by Gasteiger charge is 2.07. The molecule has 19 heavy (non-hydrogen) atoms. The van der Waals surface area contributed by atoms with Gasteiger partial charge in [-0.2, -0.15) is 0 Å². The lowest BCUT2D eigenvalue weighted by atomic mass is 10.1. The molecule has 0 saturated heterocycles. The predicted molar refractivity (Wildman–Crippen MR) is 77.7 cm³/mol. The highest BCUT2D eigenvalue weighted by Crippen LogP contribution is 2.19. The van der Waals surface area contributed by atoms with Gasteiger partial charge in [0, 0.05) is 18.3 Å². The van der Waals surface area contributed by atoms with Crippen molar-refractivity contribution in [2.24, 2.45) is 0 Å². The Hall–Kier alpha value is -1.13. The van der Waals surface area contributed by atoms with Crippen LogP contribution in [0, 0.1) is 0 Å². The Morgan fingerprint density at radius 3 is 2.47 bits per heavy atom. The first-order chi connectivity index (χ1) is 9.02. The maximum absolute atomic E-state index is 5.67. The summed E-state index contributed by atoms with van der Waals surface area (Å²) in [5.74, 6) is 1.08. The second kappa shape index (κ2) is 8.12. The van der Waals surface area contributed by atoms with Crippen LogP contribution in [-0.4, -0.2) is 31.3 Å². The monoisotopic (exact) mass is 266 g/mol. The summed E-state index contributed by atoms with van der Waals surface area (Å²) in [6.07, 6.45) is 0.235. The lowest BCUT2D eigenvalue weighted by Crippen LogP contribution is -2.13. The van der Waals surface area contributed by atoms with Crippen molar-refractivity contribution in [2.45, 2.75) is 46.3 Å². The molecule has 1 rings (SSSR count). The highest BCUT2D eigenvalue weighted by molar-refractivity contribution is 5.26. The summed E-state index contributed by atoms with van der Waals surface area (Å²) in [5.41, 5.74) is 2.26. The second-order valence-electron chi connectivity index (χ2n) is 5.19. The minimum atomic E-state index is 0.235. The molecule has 0 bridgehead atoms. The van der Waals surface area contributed by atoms with Gasteiger partial charge in [0.2, 0.25) is 5.88 Å². The smallest absolute Gasteiger partial charge is 0.213 e.